The van der Waals surface area contributed by atoms with Crippen molar-refractivity contribution in [3.05, 3.63) is 47.0 Å². The van der Waals surface area contributed by atoms with Gasteiger partial charge >= 0.3 is 0 Å². The minimum Gasteiger partial charge on any atom is -0.369 e. The predicted octanol–water partition coefficient (Wildman–Crippen LogP) is 3.13. The number of amides is 1. The number of nitrogens with one attached hydrogen (secondary N) is 1. The van der Waals surface area contributed by atoms with Crippen LogP contribution in [0, 0.1) is 5.92 Å². The molecule has 0 fully saturated rings. The Morgan fingerprint density at radius 1 is 1.40 bits per heavy atom. The minimum absolute atomic E-state index is 0.0434. The summed E-state index contributed by atoms with van der Waals surface area (Å²) >= 11 is 0. The number of rotatable bonds is 5. The molecule has 1 aliphatic rings. The monoisotopic (exact) mass is 342 g/mol. The summed E-state index contributed by atoms with van der Waals surface area (Å²) in [5, 5.41) is 7.35. The van der Waals surface area contributed by atoms with Crippen molar-refractivity contribution >= 4 is 5.91 Å². The van der Waals surface area contributed by atoms with Crippen LogP contribution in [0.2, 0.25) is 0 Å². The number of carbonyl (C=O) groups excluding carboxylic acids is 1. The van der Waals surface area contributed by atoms with Crippen molar-refractivity contribution in [3.8, 4) is 0 Å². The third-order valence-electron chi connectivity index (χ3n) is 4.39. The second-order valence-electron chi connectivity index (χ2n) is 7.16. The van der Waals surface area contributed by atoms with E-state index < -0.39 is 0 Å². The molecule has 2 aromatic heterocycles. The van der Waals surface area contributed by atoms with Crippen molar-refractivity contribution in [1.29, 1.82) is 0 Å². The van der Waals surface area contributed by atoms with Crippen LogP contribution in [0.4, 0.5) is 0 Å². The van der Waals surface area contributed by atoms with E-state index in [2.05, 4.69) is 29.0 Å². The molecular weight excluding hydrogens is 316 g/mol. The molecule has 2 aromatic rings. The first-order chi connectivity index (χ1) is 12.0. The fourth-order valence-corrected chi connectivity index (χ4v) is 3.35. The molecule has 1 N–H and O–H groups in total. The molecule has 1 amide bonds. The van der Waals surface area contributed by atoms with Crippen molar-refractivity contribution in [2.45, 2.75) is 52.9 Å². The number of hydrogen-bond donors (Lipinski definition) is 1. The van der Waals surface area contributed by atoms with Gasteiger partial charge in [0, 0.05) is 24.7 Å². The van der Waals surface area contributed by atoms with Gasteiger partial charge in [0.25, 0.3) is 5.91 Å². The van der Waals surface area contributed by atoms with Crippen LogP contribution in [-0.4, -0.2) is 38.6 Å². The molecule has 1 aliphatic heterocycles. The van der Waals surface area contributed by atoms with Crippen molar-refractivity contribution in [1.82, 2.24) is 20.1 Å². The van der Waals surface area contributed by atoms with Gasteiger partial charge in [0.2, 0.25) is 0 Å². The standard InChI is InChI=1S/C19H26N4O2/c1-12(2)10-23(11-15-7-5-6-8-20-15)19(24)18-16-9-13(3)25-14(4)17(16)21-22-18/h5-8,12-14H,9-11H2,1-4H3,(H,21,22)/t13-,14+/m0/s1. The van der Waals surface area contributed by atoms with E-state index in [1.165, 1.54) is 0 Å². The summed E-state index contributed by atoms with van der Waals surface area (Å²) in [5.74, 6) is 0.321. The van der Waals surface area contributed by atoms with Gasteiger partial charge in [-0.2, -0.15) is 5.10 Å². The summed E-state index contributed by atoms with van der Waals surface area (Å²) < 4.78 is 5.82. The van der Waals surface area contributed by atoms with E-state index in [0.29, 0.717) is 31.1 Å². The summed E-state index contributed by atoms with van der Waals surface area (Å²) in [6.45, 7) is 9.38. The summed E-state index contributed by atoms with van der Waals surface area (Å²) in [7, 11) is 0. The third kappa shape index (κ3) is 3.90. The van der Waals surface area contributed by atoms with Crippen LogP contribution in [-0.2, 0) is 17.7 Å². The van der Waals surface area contributed by atoms with Crippen molar-refractivity contribution in [2.24, 2.45) is 5.92 Å². The lowest BCUT2D eigenvalue weighted by molar-refractivity contribution is -0.00703. The Kier molecular flexibility index (Phi) is 5.18. The molecule has 0 radical (unpaired) electrons. The minimum atomic E-state index is -0.0675. The normalized spacial score (nSPS) is 19.7. The maximum Gasteiger partial charge on any atom is 0.275 e. The van der Waals surface area contributed by atoms with Crippen LogP contribution < -0.4 is 0 Å². The quantitative estimate of drug-likeness (QED) is 0.906. The number of carbonyl (C=O) groups is 1. The van der Waals surface area contributed by atoms with Gasteiger partial charge < -0.3 is 9.64 Å². The molecule has 0 aromatic carbocycles. The van der Waals surface area contributed by atoms with Crippen LogP contribution in [0.15, 0.2) is 24.4 Å². The van der Waals surface area contributed by atoms with Crippen molar-refractivity contribution in [2.75, 3.05) is 6.54 Å². The Hall–Kier alpha value is -2.21. The number of nitrogens with zero attached hydrogens (tertiary/aromatic N) is 3. The zero-order valence-corrected chi connectivity index (χ0v) is 15.3. The molecule has 2 atom stereocenters. The van der Waals surface area contributed by atoms with E-state index in [1.54, 1.807) is 6.20 Å². The molecule has 3 heterocycles. The maximum atomic E-state index is 13.2. The average Bonchev–Trinajstić information content (AvgIpc) is 2.98. The Balaban J connectivity index is 1.88. The highest BCUT2D eigenvalue weighted by Gasteiger charge is 2.31. The topological polar surface area (TPSA) is 71.1 Å². The SMILES string of the molecule is CC(C)CN(Cc1ccccn1)C(=O)c1n[nH]c2c1C[C@H](C)O[C@@H]2C. The third-order valence-corrected chi connectivity index (χ3v) is 4.39. The van der Waals surface area contributed by atoms with Gasteiger partial charge in [0.15, 0.2) is 5.69 Å². The maximum absolute atomic E-state index is 13.2. The van der Waals surface area contributed by atoms with Gasteiger partial charge in [-0.05, 0) is 31.9 Å². The molecule has 3 rings (SSSR count). The Morgan fingerprint density at radius 2 is 2.20 bits per heavy atom. The molecule has 6 heteroatoms. The number of fused-ring (bicyclic) bond motifs is 1. The summed E-state index contributed by atoms with van der Waals surface area (Å²) in [4.78, 5) is 19.4. The van der Waals surface area contributed by atoms with Gasteiger partial charge in [0.05, 0.1) is 30.1 Å². The first-order valence-electron chi connectivity index (χ1n) is 8.87. The molecule has 25 heavy (non-hydrogen) atoms. The van der Waals surface area contributed by atoms with E-state index in [4.69, 9.17) is 4.74 Å². The van der Waals surface area contributed by atoms with Gasteiger partial charge in [-0.15, -0.1) is 0 Å². The first kappa shape index (κ1) is 17.6. The Bertz CT molecular complexity index is 726. The highest BCUT2D eigenvalue weighted by molar-refractivity contribution is 5.94. The zero-order chi connectivity index (χ0) is 18.0. The van der Waals surface area contributed by atoms with Gasteiger partial charge in [0.1, 0.15) is 0 Å². The average molecular weight is 342 g/mol. The molecular formula is C19H26N4O2. The van der Waals surface area contributed by atoms with Crippen LogP contribution in [0.25, 0.3) is 0 Å². The number of H-pyrrole nitrogens is 1. The molecule has 0 spiro atoms. The lowest BCUT2D eigenvalue weighted by Gasteiger charge is -2.27. The summed E-state index contributed by atoms with van der Waals surface area (Å²) in [6, 6.07) is 5.76. The fraction of sp³-hybridized carbons (Fsp3) is 0.526. The lowest BCUT2D eigenvalue weighted by atomic mass is 9.99. The Labute approximate surface area is 148 Å². The molecule has 0 saturated carbocycles. The van der Waals surface area contributed by atoms with E-state index in [0.717, 1.165) is 17.0 Å². The van der Waals surface area contributed by atoms with Crippen molar-refractivity contribution < 1.29 is 9.53 Å². The molecule has 0 aliphatic carbocycles. The smallest absolute Gasteiger partial charge is 0.275 e. The van der Waals surface area contributed by atoms with Crippen LogP contribution in [0.5, 0.6) is 0 Å². The second-order valence-corrected chi connectivity index (χ2v) is 7.16. The van der Waals surface area contributed by atoms with E-state index in [1.807, 2.05) is 36.9 Å². The molecule has 0 bridgehead atoms. The Morgan fingerprint density at radius 3 is 2.88 bits per heavy atom. The number of aromatic amines is 1. The van der Waals surface area contributed by atoms with E-state index in [-0.39, 0.29) is 18.1 Å². The summed E-state index contributed by atoms with van der Waals surface area (Å²) in [6.07, 6.45) is 2.48. The van der Waals surface area contributed by atoms with Crippen LogP contribution in [0.3, 0.4) is 0 Å². The van der Waals surface area contributed by atoms with Crippen LogP contribution >= 0.6 is 0 Å². The summed E-state index contributed by atoms with van der Waals surface area (Å²) in [5.41, 5.74) is 3.31. The van der Waals surface area contributed by atoms with E-state index >= 15 is 0 Å². The molecule has 6 nitrogen and oxygen atoms in total. The van der Waals surface area contributed by atoms with Gasteiger partial charge in [-0.1, -0.05) is 19.9 Å². The lowest BCUT2D eigenvalue weighted by Crippen LogP contribution is -2.35. The van der Waals surface area contributed by atoms with Gasteiger partial charge in [-0.3, -0.25) is 14.9 Å². The highest BCUT2D eigenvalue weighted by Crippen LogP contribution is 2.30. The van der Waals surface area contributed by atoms with Crippen molar-refractivity contribution in [3.63, 3.8) is 0 Å². The number of aromatic nitrogens is 3. The molecule has 0 saturated heterocycles. The fourth-order valence-electron chi connectivity index (χ4n) is 3.35. The predicted molar refractivity (Wildman–Crippen MR) is 95.1 cm³/mol. The number of pyridine rings is 1. The van der Waals surface area contributed by atoms with Crippen LogP contribution in [0.1, 0.15) is 61.2 Å². The highest BCUT2D eigenvalue weighted by atomic mass is 16.5. The molecule has 0 unspecified atom stereocenters. The molecule has 134 valence electrons. The largest absolute Gasteiger partial charge is 0.369 e. The second kappa shape index (κ2) is 7.35. The number of hydrogen-bond acceptors (Lipinski definition) is 4. The van der Waals surface area contributed by atoms with E-state index in [9.17, 15) is 4.79 Å². The van der Waals surface area contributed by atoms with Gasteiger partial charge in [-0.25, -0.2) is 0 Å². The zero-order valence-electron chi connectivity index (χ0n) is 15.3. The first-order valence-corrected chi connectivity index (χ1v) is 8.87. The number of ether oxygens (including phenoxy) is 1.